The number of hydrogen-bond acceptors (Lipinski definition) is 4. The third-order valence-electron chi connectivity index (χ3n) is 2.34. The molecule has 0 aromatic heterocycles. The van der Waals surface area contributed by atoms with E-state index in [4.69, 9.17) is 9.84 Å². The largest absolute Gasteiger partial charge is 0.462 e. The number of nitrogens with one attached hydrogen (secondary N) is 1. The Morgan fingerprint density at radius 3 is 2.50 bits per heavy atom. The van der Waals surface area contributed by atoms with Crippen LogP contribution in [0.3, 0.4) is 0 Å². The van der Waals surface area contributed by atoms with Crippen LogP contribution in [-0.2, 0) is 11.2 Å². The third kappa shape index (κ3) is 6.00. The molecular weight excluding hydrogens is 254 g/mol. The number of aliphatic hydroxyl groups is 1. The highest BCUT2D eigenvalue weighted by atomic mass is 35.5. The molecule has 4 nitrogen and oxygen atoms in total. The van der Waals surface area contributed by atoms with Gasteiger partial charge in [0.05, 0.1) is 18.8 Å². The molecule has 0 aliphatic rings. The predicted molar refractivity (Wildman–Crippen MR) is 73.3 cm³/mol. The maximum absolute atomic E-state index is 11.4. The van der Waals surface area contributed by atoms with Gasteiger partial charge in [-0.3, -0.25) is 0 Å². The van der Waals surface area contributed by atoms with E-state index in [-0.39, 0.29) is 25.0 Å². The van der Waals surface area contributed by atoms with Crippen LogP contribution in [0, 0.1) is 0 Å². The quantitative estimate of drug-likeness (QED) is 0.583. The lowest BCUT2D eigenvalue weighted by atomic mass is 10.1. The Bertz CT molecular complexity index is 341. The smallest absolute Gasteiger partial charge is 0.338 e. The first kappa shape index (κ1) is 16.9. The maximum Gasteiger partial charge on any atom is 0.338 e. The van der Waals surface area contributed by atoms with Gasteiger partial charge in [-0.25, -0.2) is 4.79 Å². The predicted octanol–water partition coefficient (Wildman–Crippen LogP) is 1.41. The summed E-state index contributed by atoms with van der Waals surface area (Å²) in [5.41, 5.74) is 1.74. The molecule has 2 N–H and O–H groups in total. The second kappa shape index (κ2) is 9.88. The van der Waals surface area contributed by atoms with Crippen molar-refractivity contribution in [3.05, 3.63) is 35.4 Å². The molecule has 102 valence electrons. The van der Waals surface area contributed by atoms with E-state index >= 15 is 0 Å². The zero-order valence-electron chi connectivity index (χ0n) is 10.5. The number of carbonyl (C=O) groups excluding carboxylic acids is 1. The minimum absolute atomic E-state index is 0. The lowest BCUT2D eigenvalue weighted by Gasteiger charge is -2.05. The van der Waals surface area contributed by atoms with Crippen LogP contribution in [0.15, 0.2) is 24.3 Å². The van der Waals surface area contributed by atoms with Crippen LogP contribution < -0.4 is 5.32 Å². The van der Waals surface area contributed by atoms with Crippen LogP contribution in [0.1, 0.15) is 22.8 Å². The van der Waals surface area contributed by atoms with Gasteiger partial charge in [0, 0.05) is 6.54 Å². The number of ether oxygens (including phenoxy) is 1. The van der Waals surface area contributed by atoms with Crippen molar-refractivity contribution in [3.63, 3.8) is 0 Å². The van der Waals surface area contributed by atoms with Crippen molar-refractivity contribution in [1.82, 2.24) is 5.32 Å². The topological polar surface area (TPSA) is 58.6 Å². The van der Waals surface area contributed by atoms with Gasteiger partial charge in [-0.05, 0) is 37.6 Å². The molecule has 0 unspecified atom stereocenters. The van der Waals surface area contributed by atoms with Gasteiger partial charge in [-0.15, -0.1) is 12.4 Å². The Morgan fingerprint density at radius 1 is 1.28 bits per heavy atom. The van der Waals surface area contributed by atoms with Gasteiger partial charge < -0.3 is 15.2 Å². The molecule has 1 aromatic rings. The van der Waals surface area contributed by atoms with Crippen molar-refractivity contribution in [2.24, 2.45) is 0 Å². The Kier molecular flexibility index (Phi) is 9.28. The van der Waals surface area contributed by atoms with E-state index in [2.05, 4.69) is 5.32 Å². The minimum atomic E-state index is -0.280. The summed E-state index contributed by atoms with van der Waals surface area (Å²) in [7, 11) is 0. The number of esters is 1. The molecule has 0 saturated carbocycles. The lowest BCUT2D eigenvalue weighted by molar-refractivity contribution is 0.0526. The van der Waals surface area contributed by atoms with E-state index in [1.54, 1.807) is 19.1 Å². The highest BCUT2D eigenvalue weighted by Crippen LogP contribution is 2.06. The number of aliphatic hydroxyl groups excluding tert-OH is 1. The monoisotopic (exact) mass is 273 g/mol. The average Bonchev–Trinajstić information content (AvgIpc) is 2.36. The maximum atomic E-state index is 11.4. The minimum Gasteiger partial charge on any atom is -0.462 e. The summed E-state index contributed by atoms with van der Waals surface area (Å²) in [6.45, 7) is 3.77. The third-order valence-corrected chi connectivity index (χ3v) is 2.34. The molecular formula is C13H20ClNO3. The summed E-state index contributed by atoms with van der Waals surface area (Å²) in [5.74, 6) is -0.280. The van der Waals surface area contributed by atoms with Crippen molar-refractivity contribution >= 4 is 18.4 Å². The zero-order valence-corrected chi connectivity index (χ0v) is 11.3. The molecule has 0 saturated heterocycles. The Hall–Kier alpha value is -1.10. The molecule has 0 atom stereocenters. The highest BCUT2D eigenvalue weighted by molar-refractivity contribution is 5.89. The summed E-state index contributed by atoms with van der Waals surface area (Å²) >= 11 is 0. The Morgan fingerprint density at radius 2 is 1.94 bits per heavy atom. The van der Waals surface area contributed by atoms with E-state index < -0.39 is 0 Å². The average molecular weight is 274 g/mol. The summed E-state index contributed by atoms with van der Waals surface area (Å²) in [5, 5.41) is 11.7. The van der Waals surface area contributed by atoms with Crippen molar-refractivity contribution in [1.29, 1.82) is 0 Å². The van der Waals surface area contributed by atoms with Crippen LogP contribution in [0.25, 0.3) is 0 Å². The molecule has 1 rings (SSSR count). The van der Waals surface area contributed by atoms with Crippen molar-refractivity contribution < 1.29 is 14.6 Å². The molecule has 0 spiro atoms. The van der Waals surface area contributed by atoms with Crippen LogP contribution in [0.4, 0.5) is 0 Å². The first-order valence-electron chi connectivity index (χ1n) is 5.85. The van der Waals surface area contributed by atoms with Crippen molar-refractivity contribution in [3.8, 4) is 0 Å². The zero-order chi connectivity index (χ0) is 12.5. The van der Waals surface area contributed by atoms with Gasteiger partial charge in [0.15, 0.2) is 0 Å². The SMILES string of the molecule is CCOC(=O)c1ccc(CCNCCO)cc1.Cl. The highest BCUT2D eigenvalue weighted by Gasteiger charge is 2.05. The van der Waals surface area contributed by atoms with Gasteiger partial charge >= 0.3 is 5.97 Å². The fourth-order valence-electron chi connectivity index (χ4n) is 1.46. The molecule has 0 aliphatic carbocycles. The fraction of sp³-hybridized carbons (Fsp3) is 0.462. The fourth-order valence-corrected chi connectivity index (χ4v) is 1.46. The normalized spacial score (nSPS) is 9.67. The first-order valence-corrected chi connectivity index (χ1v) is 5.85. The van der Waals surface area contributed by atoms with Gasteiger partial charge in [-0.2, -0.15) is 0 Å². The van der Waals surface area contributed by atoms with Crippen LogP contribution in [0.2, 0.25) is 0 Å². The van der Waals surface area contributed by atoms with E-state index in [0.717, 1.165) is 18.5 Å². The molecule has 5 heteroatoms. The molecule has 0 aliphatic heterocycles. The molecule has 0 amide bonds. The standard InChI is InChI=1S/C13H19NO3.ClH/c1-2-17-13(16)12-5-3-11(4-6-12)7-8-14-9-10-15;/h3-6,14-15H,2,7-10H2,1H3;1H. The summed E-state index contributed by atoms with van der Waals surface area (Å²) in [6, 6.07) is 7.40. The van der Waals surface area contributed by atoms with E-state index in [1.807, 2.05) is 12.1 Å². The molecule has 0 heterocycles. The second-order valence-electron chi connectivity index (χ2n) is 3.64. The van der Waals surface area contributed by atoms with Gasteiger partial charge in [0.1, 0.15) is 0 Å². The number of benzene rings is 1. The van der Waals surface area contributed by atoms with Crippen LogP contribution in [-0.4, -0.2) is 37.4 Å². The van der Waals surface area contributed by atoms with Gasteiger partial charge in [-0.1, -0.05) is 12.1 Å². The van der Waals surface area contributed by atoms with Crippen molar-refractivity contribution in [2.45, 2.75) is 13.3 Å². The number of halogens is 1. The van der Waals surface area contributed by atoms with Crippen LogP contribution >= 0.6 is 12.4 Å². The molecule has 1 aromatic carbocycles. The van der Waals surface area contributed by atoms with Gasteiger partial charge in [0.25, 0.3) is 0 Å². The summed E-state index contributed by atoms with van der Waals surface area (Å²) < 4.78 is 4.90. The van der Waals surface area contributed by atoms with E-state index in [9.17, 15) is 4.79 Å². The summed E-state index contributed by atoms with van der Waals surface area (Å²) in [4.78, 5) is 11.4. The molecule has 0 radical (unpaired) electrons. The van der Waals surface area contributed by atoms with Gasteiger partial charge in [0.2, 0.25) is 0 Å². The Labute approximate surface area is 114 Å². The molecule has 0 bridgehead atoms. The number of carbonyl (C=O) groups is 1. The molecule has 18 heavy (non-hydrogen) atoms. The van der Waals surface area contributed by atoms with Crippen molar-refractivity contribution in [2.75, 3.05) is 26.3 Å². The van der Waals surface area contributed by atoms with E-state index in [1.165, 1.54) is 0 Å². The number of hydrogen-bond donors (Lipinski definition) is 2. The number of rotatable bonds is 7. The first-order chi connectivity index (χ1) is 8.27. The lowest BCUT2D eigenvalue weighted by Crippen LogP contribution is -2.20. The Balaban J connectivity index is 0.00000289. The molecule has 0 fully saturated rings. The second-order valence-corrected chi connectivity index (χ2v) is 3.64. The van der Waals surface area contributed by atoms with E-state index in [0.29, 0.717) is 18.7 Å². The summed E-state index contributed by atoms with van der Waals surface area (Å²) in [6.07, 6.45) is 0.878. The van der Waals surface area contributed by atoms with Crippen LogP contribution in [0.5, 0.6) is 0 Å².